The second-order valence-electron chi connectivity index (χ2n) is 4.34. The Morgan fingerprint density at radius 2 is 2.26 bits per heavy atom. The number of hydrogen-bond acceptors (Lipinski definition) is 4. The standard InChI is InChI=1S/C12H15IN2O4/c1-8(2-5-12(16)17)7-14-11-4-3-9(15(18)19)6-10(11)13/h3-4,6,8,14H,2,5,7H2,1H3,(H,16,17). The topological polar surface area (TPSA) is 92.5 Å². The van der Waals surface area contributed by atoms with Crippen LogP contribution < -0.4 is 5.32 Å². The molecular formula is C12H15IN2O4. The monoisotopic (exact) mass is 378 g/mol. The third kappa shape index (κ3) is 5.41. The van der Waals surface area contributed by atoms with Crippen LogP contribution in [0.15, 0.2) is 18.2 Å². The van der Waals surface area contributed by atoms with E-state index < -0.39 is 10.9 Å². The van der Waals surface area contributed by atoms with Crippen molar-refractivity contribution < 1.29 is 14.8 Å². The van der Waals surface area contributed by atoms with Crippen LogP contribution in [-0.4, -0.2) is 22.5 Å². The van der Waals surface area contributed by atoms with Crippen molar-refractivity contribution in [1.82, 2.24) is 0 Å². The van der Waals surface area contributed by atoms with Gasteiger partial charge < -0.3 is 10.4 Å². The van der Waals surface area contributed by atoms with Crippen LogP contribution in [0.25, 0.3) is 0 Å². The summed E-state index contributed by atoms with van der Waals surface area (Å²) in [6.45, 7) is 2.61. The molecule has 1 aromatic rings. The molecule has 0 aliphatic rings. The van der Waals surface area contributed by atoms with Crippen molar-refractivity contribution in [1.29, 1.82) is 0 Å². The maximum atomic E-state index is 10.6. The fourth-order valence-corrected chi connectivity index (χ4v) is 2.21. The number of rotatable bonds is 7. The van der Waals surface area contributed by atoms with Crippen LogP contribution >= 0.6 is 22.6 Å². The lowest BCUT2D eigenvalue weighted by atomic mass is 10.1. The van der Waals surface area contributed by atoms with Crippen molar-refractivity contribution in [3.63, 3.8) is 0 Å². The lowest BCUT2D eigenvalue weighted by molar-refractivity contribution is -0.384. The minimum absolute atomic E-state index is 0.0638. The first kappa shape index (κ1) is 15.7. The molecule has 0 amide bonds. The van der Waals surface area contributed by atoms with Gasteiger partial charge in [0.25, 0.3) is 5.69 Å². The number of carbonyl (C=O) groups is 1. The molecule has 0 spiro atoms. The number of benzene rings is 1. The van der Waals surface area contributed by atoms with Crippen molar-refractivity contribution in [3.05, 3.63) is 31.9 Å². The zero-order valence-corrected chi connectivity index (χ0v) is 12.6. The lowest BCUT2D eigenvalue weighted by Crippen LogP contribution is -2.13. The van der Waals surface area contributed by atoms with Gasteiger partial charge in [-0.3, -0.25) is 14.9 Å². The maximum absolute atomic E-state index is 10.6. The van der Waals surface area contributed by atoms with Gasteiger partial charge in [-0.2, -0.15) is 0 Å². The van der Waals surface area contributed by atoms with Crippen LogP contribution in [-0.2, 0) is 4.79 Å². The fourth-order valence-electron chi connectivity index (χ4n) is 1.52. The molecule has 0 radical (unpaired) electrons. The number of nitrogens with zero attached hydrogens (tertiary/aromatic N) is 1. The number of aliphatic carboxylic acids is 1. The van der Waals surface area contributed by atoms with Crippen LogP contribution in [0, 0.1) is 19.6 Å². The first-order valence-electron chi connectivity index (χ1n) is 5.79. The second-order valence-corrected chi connectivity index (χ2v) is 5.50. The highest BCUT2D eigenvalue weighted by Gasteiger charge is 2.10. The zero-order valence-electron chi connectivity index (χ0n) is 10.4. The Labute approximate surface area is 124 Å². The highest BCUT2D eigenvalue weighted by atomic mass is 127. The van der Waals surface area contributed by atoms with Gasteiger partial charge in [0.05, 0.1) is 4.92 Å². The van der Waals surface area contributed by atoms with Gasteiger partial charge in [0, 0.05) is 34.4 Å². The van der Waals surface area contributed by atoms with Crippen LogP contribution in [0.3, 0.4) is 0 Å². The summed E-state index contributed by atoms with van der Waals surface area (Å²) in [6.07, 6.45) is 0.756. The largest absolute Gasteiger partial charge is 0.481 e. The molecule has 19 heavy (non-hydrogen) atoms. The van der Waals surface area contributed by atoms with Gasteiger partial charge in [-0.1, -0.05) is 6.92 Å². The lowest BCUT2D eigenvalue weighted by Gasteiger charge is -2.13. The zero-order chi connectivity index (χ0) is 14.4. The molecule has 104 valence electrons. The van der Waals surface area contributed by atoms with Gasteiger partial charge >= 0.3 is 5.97 Å². The summed E-state index contributed by atoms with van der Waals surface area (Å²) in [5, 5.41) is 22.4. The van der Waals surface area contributed by atoms with E-state index >= 15 is 0 Å². The SMILES string of the molecule is CC(CCC(=O)O)CNc1ccc([N+](=O)[O-])cc1I. The number of nitro groups is 1. The molecule has 6 nitrogen and oxygen atoms in total. The summed E-state index contributed by atoms with van der Waals surface area (Å²) in [6, 6.07) is 4.63. The fraction of sp³-hybridized carbons (Fsp3) is 0.417. The minimum atomic E-state index is -0.795. The minimum Gasteiger partial charge on any atom is -0.481 e. The molecule has 0 saturated carbocycles. The van der Waals surface area contributed by atoms with E-state index in [-0.39, 0.29) is 18.0 Å². The number of halogens is 1. The molecule has 0 bridgehead atoms. The van der Waals surface area contributed by atoms with E-state index in [0.29, 0.717) is 13.0 Å². The highest BCUT2D eigenvalue weighted by molar-refractivity contribution is 14.1. The summed E-state index contributed by atoms with van der Waals surface area (Å²) >= 11 is 2.04. The number of nitrogens with one attached hydrogen (secondary N) is 1. The van der Waals surface area contributed by atoms with Gasteiger partial charge in [-0.15, -0.1) is 0 Å². The van der Waals surface area contributed by atoms with E-state index in [4.69, 9.17) is 5.11 Å². The smallest absolute Gasteiger partial charge is 0.303 e. The Kier molecular flexibility index (Phi) is 6.00. The molecule has 0 fully saturated rings. The van der Waals surface area contributed by atoms with Crippen LogP contribution in [0.5, 0.6) is 0 Å². The maximum Gasteiger partial charge on any atom is 0.303 e. The molecular weight excluding hydrogens is 363 g/mol. The van der Waals surface area contributed by atoms with Gasteiger partial charge in [0.2, 0.25) is 0 Å². The predicted molar refractivity (Wildman–Crippen MR) is 80.3 cm³/mol. The van der Waals surface area contributed by atoms with Crippen molar-refractivity contribution >= 4 is 39.9 Å². The normalized spacial score (nSPS) is 11.9. The van der Waals surface area contributed by atoms with E-state index in [1.807, 2.05) is 29.5 Å². The first-order valence-corrected chi connectivity index (χ1v) is 6.87. The Balaban J connectivity index is 2.53. The van der Waals surface area contributed by atoms with E-state index in [9.17, 15) is 14.9 Å². The molecule has 1 atom stereocenters. The number of hydrogen-bond donors (Lipinski definition) is 2. The molecule has 2 N–H and O–H groups in total. The second kappa shape index (κ2) is 7.27. The molecule has 1 rings (SSSR count). The molecule has 1 unspecified atom stereocenters. The summed E-state index contributed by atoms with van der Waals surface area (Å²) < 4.78 is 0.775. The molecule has 0 aliphatic carbocycles. The summed E-state index contributed by atoms with van der Waals surface area (Å²) in [4.78, 5) is 20.6. The third-order valence-electron chi connectivity index (χ3n) is 2.66. The summed E-state index contributed by atoms with van der Waals surface area (Å²) in [5.41, 5.74) is 0.891. The van der Waals surface area contributed by atoms with Crippen LogP contribution in [0.4, 0.5) is 11.4 Å². The summed E-state index contributed by atoms with van der Waals surface area (Å²) in [7, 11) is 0. The van der Waals surface area contributed by atoms with E-state index in [0.717, 1.165) is 9.26 Å². The van der Waals surface area contributed by atoms with Gasteiger partial charge in [-0.05, 0) is 41.0 Å². The highest BCUT2D eigenvalue weighted by Crippen LogP contribution is 2.24. The molecule has 1 aromatic carbocycles. The Bertz CT molecular complexity index is 479. The van der Waals surface area contributed by atoms with Gasteiger partial charge in [0.15, 0.2) is 0 Å². The molecule has 0 aromatic heterocycles. The van der Waals surface area contributed by atoms with Gasteiger partial charge in [0.1, 0.15) is 0 Å². The number of anilines is 1. The van der Waals surface area contributed by atoms with Crippen molar-refractivity contribution in [3.8, 4) is 0 Å². The average molecular weight is 378 g/mol. The summed E-state index contributed by atoms with van der Waals surface area (Å²) in [5.74, 6) is -0.571. The number of carboxylic acids is 1. The Morgan fingerprint density at radius 1 is 1.58 bits per heavy atom. The molecule has 0 heterocycles. The van der Waals surface area contributed by atoms with Crippen LogP contribution in [0.1, 0.15) is 19.8 Å². The van der Waals surface area contributed by atoms with Crippen LogP contribution in [0.2, 0.25) is 0 Å². The number of non-ortho nitro benzene ring substituents is 1. The van der Waals surface area contributed by atoms with E-state index in [1.54, 1.807) is 6.07 Å². The quantitative estimate of drug-likeness (QED) is 0.432. The Morgan fingerprint density at radius 3 is 2.79 bits per heavy atom. The predicted octanol–water partition coefficient (Wildman–Crippen LogP) is 3.11. The Hall–Kier alpha value is -1.38. The first-order chi connectivity index (χ1) is 8.90. The van der Waals surface area contributed by atoms with Crippen molar-refractivity contribution in [2.24, 2.45) is 5.92 Å². The van der Waals surface area contributed by atoms with E-state index in [2.05, 4.69) is 5.32 Å². The third-order valence-corrected chi connectivity index (χ3v) is 3.55. The molecule has 7 heteroatoms. The van der Waals surface area contributed by atoms with Gasteiger partial charge in [-0.25, -0.2) is 0 Å². The number of nitro benzene ring substituents is 1. The number of carboxylic acid groups (broad SMARTS) is 1. The van der Waals surface area contributed by atoms with Crippen molar-refractivity contribution in [2.75, 3.05) is 11.9 Å². The average Bonchev–Trinajstić information content (AvgIpc) is 2.34. The van der Waals surface area contributed by atoms with Crippen molar-refractivity contribution in [2.45, 2.75) is 19.8 Å². The molecule has 0 aliphatic heterocycles. The van der Waals surface area contributed by atoms with E-state index in [1.165, 1.54) is 12.1 Å². The molecule has 0 saturated heterocycles.